The third-order valence-corrected chi connectivity index (χ3v) is 3.19. The van der Waals surface area contributed by atoms with Crippen LogP contribution in [0.2, 0.25) is 0 Å². The summed E-state index contributed by atoms with van der Waals surface area (Å²) in [4.78, 5) is 0. The summed E-state index contributed by atoms with van der Waals surface area (Å²) in [6, 6.07) is 14.8. The van der Waals surface area contributed by atoms with E-state index >= 15 is 0 Å². The van der Waals surface area contributed by atoms with Crippen LogP contribution in [0.4, 0.5) is 0 Å². The molecule has 0 fully saturated rings. The molecule has 0 aliphatic carbocycles. The lowest BCUT2D eigenvalue weighted by Gasteiger charge is -2.08. The fourth-order valence-corrected chi connectivity index (χ4v) is 2.25. The van der Waals surface area contributed by atoms with Crippen LogP contribution in [-0.2, 0) is 4.57 Å². The quantitative estimate of drug-likeness (QED) is 0.776. The highest BCUT2D eigenvalue weighted by Crippen LogP contribution is 2.30. The van der Waals surface area contributed by atoms with Gasteiger partial charge in [0.2, 0.25) is 0 Å². The molecule has 0 aliphatic heterocycles. The molecule has 0 aromatic heterocycles. The fraction of sp³-hybridized carbons (Fsp3) is 0.143. The highest BCUT2D eigenvalue weighted by atomic mass is 31.1. The molecule has 0 heterocycles. The SMILES string of the molecule is Cc1cccc(O[PH](=O)Oc2cccc(C)c2)c1. The molecule has 94 valence electrons. The van der Waals surface area contributed by atoms with E-state index in [1.54, 1.807) is 12.1 Å². The first-order chi connectivity index (χ1) is 8.63. The van der Waals surface area contributed by atoms with E-state index in [2.05, 4.69) is 0 Å². The lowest BCUT2D eigenvalue weighted by molar-refractivity contribution is 0.415. The molecule has 0 saturated heterocycles. The van der Waals surface area contributed by atoms with Gasteiger partial charge in [0.1, 0.15) is 11.5 Å². The molecular weight excluding hydrogens is 247 g/mol. The van der Waals surface area contributed by atoms with Crippen LogP contribution < -0.4 is 9.05 Å². The van der Waals surface area contributed by atoms with Crippen LogP contribution in [0.3, 0.4) is 0 Å². The summed E-state index contributed by atoms with van der Waals surface area (Å²) in [6.45, 7) is 3.90. The van der Waals surface area contributed by atoms with Crippen molar-refractivity contribution in [2.24, 2.45) is 0 Å². The molecule has 3 nitrogen and oxygen atoms in total. The highest BCUT2D eigenvalue weighted by molar-refractivity contribution is 7.34. The van der Waals surface area contributed by atoms with Crippen LogP contribution in [0.1, 0.15) is 11.1 Å². The van der Waals surface area contributed by atoms with E-state index in [-0.39, 0.29) is 0 Å². The van der Waals surface area contributed by atoms with Gasteiger partial charge in [-0.2, -0.15) is 0 Å². The van der Waals surface area contributed by atoms with E-state index < -0.39 is 8.25 Å². The summed E-state index contributed by atoms with van der Waals surface area (Å²) >= 11 is 0. The molecule has 0 bridgehead atoms. The van der Waals surface area contributed by atoms with Crippen molar-refractivity contribution in [1.82, 2.24) is 0 Å². The molecule has 2 aromatic carbocycles. The van der Waals surface area contributed by atoms with E-state index in [1.807, 2.05) is 50.2 Å². The maximum absolute atomic E-state index is 11.7. The van der Waals surface area contributed by atoms with Crippen molar-refractivity contribution < 1.29 is 13.6 Å². The number of hydrogen-bond donors (Lipinski definition) is 0. The normalized spacial score (nSPS) is 10.4. The summed E-state index contributed by atoms with van der Waals surface area (Å²) in [6.07, 6.45) is 0. The van der Waals surface area contributed by atoms with Crippen LogP contribution in [0.15, 0.2) is 48.5 Å². The second-order valence-electron chi connectivity index (χ2n) is 4.09. The zero-order chi connectivity index (χ0) is 13.0. The van der Waals surface area contributed by atoms with Crippen LogP contribution in [0, 0.1) is 13.8 Å². The lowest BCUT2D eigenvalue weighted by atomic mass is 10.2. The summed E-state index contributed by atoms with van der Waals surface area (Å²) in [5.41, 5.74) is 2.11. The largest absolute Gasteiger partial charge is 0.418 e. The van der Waals surface area contributed by atoms with Crippen LogP contribution in [0.25, 0.3) is 0 Å². The summed E-state index contributed by atoms with van der Waals surface area (Å²) in [7, 11) is -2.58. The summed E-state index contributed by atoms with van der Waals surface area (Å²) < 4.78 is 22.3. The van der Waals surface area contributed by atoms with Gasteiger partial charge in [0.25, 0.3) is 0 Å². The first-order valence-electron chi connectivity index (χ1n) is 5.66. The molecule has 18 heavy (non-hydrogen) atoms. The number of benzene rings is 2. The van der Waals surface area contributed by atoms with E-state index in [0.29, 0.717) is 11.5 Å². The fourth-order valence-electron chi connectivity index (χ4n) is 1.57. The Morgan fingerprint density at radius 3 is 1.67 bits per heavy atom. The van der Waals surface area contributed by atoms with E-state index in [1.165, 1.54) is 0 Å². The van der Waals surface area contributed by atoms with Crippen LogP contribution >= 0.6 is 8.25 Å². The molecule has 0 radical (unpaired) electrons. The highest BCUT2D eigenvalue weighted by Gasteiger charge is 2.04. The van der Waals surface area contributed by atoms with Gasteiger partial charge in [-0.25, -0.2) is 4.57 Å². The molecule has 0 aliphatic rings. The Morgan fingerprint density at radius 2 is 1.28 bits per heavy atom. The first kappa shape index (κ1) is 12.7. The molecule has 0 atom stereocenters. The minimum Gasteiger partial charge on any atom is -0.418 e. The Kier molecular flexibility index (Phi) is 4.06. The third-order valence-electron chi connectivity index (χ3n) is 2.38. The van der Waals surface area contributed by atoms with Crippen molar-refractivity contribution >= 4 is 8.25 Å². The second kappa shape index (κ2) is 5.74. The van der Waals surface area contributed by atoms with Crippen molar-refractivity contribution in [3.8, 4) is 11.5 Å². The molecule has 2 rings (SSSR count). The third kappa shape index (κ3) is 3.64. The monoisotopic (exact) mass is 262 g/mol. The molecule has 0 saturated carbocycles. The van der Waals surface area contributed by atoms with Gasteiger partial charge in [-0.15, -0.1) is 0 Å². The molecule has 0 unspecified atom stereocenters. The van der Waals surface area contributed by atoms with E-state index in [4.69, 9.17) is 9.05 Å². The zero-order valence-electron chi connectivity index (χ0n) is 10.3. The number of rotatable bonds is 4. The Morgan fingerprint density at radius 1 is 0.833 bits per heavy atom. The van der Waals surface area contributed by atoms with Gasteiger partial charge in [0.05, 0.1) is 0 Å². The van der Waals surface area contributed by atoms with Gasteiger partial charge in [0, 0.05) is 0 Å². The minimum absolute atomic E-state index is 0.562. The van der Waals surface area contributed by atoms with Crippen molar-refractivity contribution in [2.45, 2.75) is 13.8 Å². The minimum atomic E-state index is -2.58. The van der Waals surface area contributed by atoms with Gasteiger partial charge in [-0.05, 0) is 49.2 Å². The molecule has 0 amide bonds. The van der Waals surface area contributed by atoms with Gasteiger partial charge in [0.15, 0.2) is 0 Å². The molecule has 4 heteroatoms. The molecule has 2 aromatic rings. The predicted molar refractivity (Wildman–Crippen MR) is 72.6 cm³/mol. The van der Waals surface area contributed by atoms with Gasteiger partial charge >= 0.3 is 8.25 Å². The molecular formula is C14H15O3P. The molecule has 0 spiro atoms. The standard InChI is InChI=1S/C14H15O3P/c1-11-5-3-7-13(9-11)16-18(15)17-14-8-4-6-12(2)10-14/h3-10,18H,1-2H3. The smallest absolute Gasteiger partial charge is 0.418 e. The second-order valence-corrected chi connectivity index (χ2v) is 5.00. The average Bonchev–Trinajstić information content (AvgIpc) is 2.28. The lowest BCUT2D eigenvalue weighted by Crippen LogP contribution is -1.89. The van der Waals surface area contributed by atoms with Gasteiger partial charge < -0.3 is 9.05 Å². The average molecular weight is 262 g/mol. The zero-order valence-corrected chi connectivity index (χ0v) is 11.3. The van der Waals surface area contributed by atoms with Crippen molar-refractivity contribution in [3.63, 3.8) is 0 Å². The Balaban J connectivity index is 2.01. The topological polar surface area (TPSA) is 35.5 Å². The first-order valence-corrected chi connectivity index (χ1v) is 6.89. The summed E-state index contributed by atoms with van der Waals surface area (Å²) in [5, 5.41) is 0. The van der Waals surface area contributed by atoms with E-state index in [0.717, 1.165) is 11.1 Å². The Bertz CT molecular complexity index is 517. The van der Waals surface area contributed by atoms with Gasteiger partial charge in [-0.1, -0.05) is 24.3 Å². The predicted octanol–water partition coefficient (Wildman–Crippen LogP) is 4.15. The van der Waals surface area contributed by atoms with Crippen molar-refractivity contribution in [2.75, 3.05) is 0 Å². The maximum Gasteiger partial charge on any atom is 0.418 e. The number of hydrogen-bond acceptors (Lipinski definition) is 3. The van der Waals surface area contributed by atoms with Crippen LogP contribution in [-0.4, -0.2) is 0 Å². The van der Waals surface area contributed by atoms with Crippen molar-refractivity contribution in [3.05, 3.63) is 59.7 Å². The summed E-state index contributed by atoms with van der Waals surface area (Å²) in [5.74, 6) is 1.12. The van der Waals surface area contributed by atoms with Crippen LogP contribution in [0.5, 0.6) is 11.5 Å². The number of aryl methyl sites for hydroxylation is 2. The van der Waals surface area contributed by atoms with Gasteiger partial charge in [-0.3, -0.25) is 0 Å². The van der Waals surface area contributed by atoms with E-state index in [9.17, 15) is 4.57 Å². The Hall–Kier alpha value is -1.73. The maximum atomic E-state index is 11.7. The Labute approximate surface area is 107 Å². The molecule has 0 N–H and O–H groups in total. The van der Waals surface area contributed by atoms with Crippen molar-refractivity contribution in [1.29, 1.82) is 0 Å².